The summed E-state index contributed by atoms with van der Waals surface area (Å²) in [6.45, 7) is 5.85. The van der Waals surface area contributed by atoms with Crippen LogP contribution in [0.15, 0.2) is 4.99 Å². The second kappa shape index (κ2) is 8.07. The van der Waals surface area contributed by atoms with Crippen molar-refractivity contribution < 1.29 is 9.47 Å². The summed E-state index contributed by atoms with van der Waals surface area (Å²) in [7, 11) is 3.22. The van der Waals surface area contributed by atoms with Gasteiger partial charge in [0.25, 0.3) is 0 Å². The van der Waals surface area contributed by atoms with E-state index in [2.05, 4.69) is 73.9 Å². The zero-order valence-corrected chi connectivity index (χ0v) is 20.4. The summed E-state index contributed by atoms with van der Waals surface area (Å²) in [5.41, 5.74) is 8.24. The van der Waals surface area contributed by atoms with Crippen LogP contribution in [0.4, 0.5) is 10.9 Å². The number of methoxy groups -OCH3 is 2. The van der Waals surface area contributed by atoms with Crippen molar-refractivity contribution in [2.75, 3.05) is 37.9 Å². The highest BCUT2D eigenvalue weighted by atomic mass is 127. The number of halogens is 2. The number of thiazole rings is 1. The van der Waals surface area contributed by atoms with E-state index in [1.165, 1.54) is 11.3 Å². The monoisotopic (exact) mass is 611 g/mol. The number of hydrogen-bond donors (Lipinski definition) is 2. The second-order valence-electron chi connectivity index (χ2n) is 5.64. The zero-order valence-electron chi connectivity index (χ0n) is 15.3. The zero-order chi connectivity index (χ0) is 19.9. The number of nitrogens with two attached hydrogens (primary N) is 1. The first-order valence-electron chi connectivity index (χ1n) is 8.21. The third kappa shape index (κ3) is 3.28. The first-order valence-corrected chi connectivity index (χ1v) is 11.2. The molecule has 0 unspecified atom stereocenters. The van der Waals surface area contributed by atoms with Crippen molar-refractivity contribution in [3.8, 4) is 11.5 Å². The molecule has 1 aliphatic rings. The number of amidine groups is 1. The molecule has 10 heteroatoms. The Morgan fingerprint density at radius 1 is 1.07 bits per heavy atom. The average molecular weight is 611 g/mol. The van der Waals surface area contributed by atoms with Crippen LogP contribution in [0, 0.1) is 12.5 Å². The van der Waals surface area contributed by atoms with E-state index in [4.69, 9.17) is 20.6 Å². The van der Waals surface area contributed by atoms with Crippen molar-refractivity contribution in [2.24, 2.45) is 4.99 Å². The smallest absolute Gasteiger partial charge is 0.187 e. The van der Waals surface area contributed by atoms with Gasteiger partial charge in [0.15, 0.2) is 11.0 Å². The van der Waals surface area contributed by atoms with E-state index in [-0.39, 0.29) is 5.84 Å². The lowest BCUT2D eigenvalue weighted by Crippen LogP contribution is -2.21. The lowest BCUT2D eigenvalue weighted by atomic mass is 10.0. The summed E-state index contributed by atoms with van der Waals surface area (Å²) in [5.74, 6) is 1.86. The highest BCUT2D eigenvalue weighted by Crippen LogP contribution is 2.45. The van der Waals surface area contributed by atoms with Gasteiger partial charge in [0.1, 0.15) is 17.3 Å². The van der Waals surface area contributed by atoms with Crippen molar-refractivity contribution >= 4 is 79.0 Å². The number of nitrogens with one attached hydrogen (secondary N) is 1. The van der Waals surface area contributed by atoms with Crippen LogP contribution in [0.25, 0.3) is 0 Å². The van der Waals surface area contributed by atoms with Gasteiger partial charge in [-0.1, -0.05) is 11.3 Å². The van der Waals surface area contributed by atoms with Gasteiger partial charge in [0.2, 0.25) is 0 Å². The standard InChI is InChI=1S/C17H19I2N5O2S/c1-5-24(6-2)17-23-16(21)14(27-17)11-7-8(15(20)22-11)13(26-4)10(19)9(18)12(7)25-3/h20H,5-6,21H2,1-4H3. The molecule has 2 aromatic rings. The highest BCUT2D eigenvalue weighted by Gasteiger charge is 2.35. The second-order valence-corrected chi connectivity index (χ2v) is 8.77. The summed E-state index contributed by atoms with van der Waals surface area (Å²) in [5, 5.41) is 9.28. The number of rotatable bonds is 6. The van der Waals surface area contributed by atoms with Crippen LogP contribution in [0.3, 0.4) is 0 Å². The Labute approximate surface area is 189 Å². The van der Waals surface area contributed by atoms with Gasteiger partial charge < -0.3 is 20.1 Å². The molecule has 0 atom stereocenters. The third-order valence-electron chi connectivity index (χ3n) is 4.29. The fourth-order valence-electron chi connectivity index (χ4n) is 2.99. The van der Waals surface area contributed by atoms with Crippen LogP contribution in [0.2, 0.25) is 0 Å². The summed E-state index contributed by atoms with van der Waals surface area (Å²) >= 11 is 5.92. The largest absolute Gasteiger partial charge is 0.495 e. The van der Waals surface area contributed by atoms with E-state index < -0.39 is 0 Å². The van der Waals surface area contributed by atoms with Crippen LogP contribution in [-0.2, 0) is 0 Å². The molecular weight excluding hydrogens is 592 g/mol. The molecule has 7 nitrogen and oxygen atoms in total. The molecule has 0 spiro atoms. The number of anilines is 2. The maximum absolute atomic E-state index is 8.43. The summed E-state index contributed by atoms with van der Waals surface area (Å²) in [4.78, 5) is 11.9. The van der Waals surface area contributed by atoms with Gasteiger partial charge in [-0.2, -0.15) is 0 Å². The van der Waals surface area contributed by atoms with Crippen molar-refractivity contribution in [2.45, 2.75) is 13.8 Å². The number of aliphatic imine (C=N–C) groups is 1. The van der Waals surface area contributed by atoms with E-state index in [0.29, 0.717) is 28.6 Å². The minimum absolute atomic E-state index is 0.140. The summed E-state index contributed by atoms with van der Waals surface area (Å²) in [6, 6.07) is 0. The molecule has 0 aliphatic carbocycles. The number of nitrogen functional groups attached to an aromatic ring is 1. The fourth-order valence-corrected chi connectivity index (χ4v) is 5.57. The number of hydrogen-bond acceptors (Lipinski definition) is 7. The van der Waals surface area contributed by atoms with Gasteiger partial charge in [-0.05, 0) is 59.0 Å². The van der Waals surface area contributed by atoms with Crippen LogP contribution < -0.4 is 20.1 Å². The molecule has 3 rings (SSSR count). The predicted octanol–water partition coefficient (Wildman–Crippen LogP) is 3.97. The van der Waals surface area contributed by atoms with E-state index in [9.17, 15) is 0 Å². The van der Waals surface area contributed by atoms with Crippen molar-refractivity contribution in [1.82, 2.24) is 4.98 Å². The predicted molar refractivity (Wildman–Crippen MR) is 128 cm³/mol. The summed E-state index contributed by atoms with van der Waals surface area (Å²) in [6.07, 6.45) is 0. The third-order valence-corrected chi connectivity index (χ3v) is 8.52. The molecule has 0 fully saturated rings. The lowest BCUT2D eigenvalue weighted by Gasteiger charge is -2.17. The topological polar surface area (TPSA) is 96.8 Å². The molecule has 1 aromatic heterocycles. The number of ether oxygens (including phenoxy) is 2. The van der Waals surface area contributed by atoms with E-state index >= 15 is 0 Å². The van der Waals surface area contributed by atoms with Gasteiger partial charge in [-0.25, -0.2) is 9.98 Å². The van der Waals surface area contributed by atoms with Gasteiger partial charge in [0.05, 0.1) is 43.1 Å². The Morgan fingerprint density at radius 3 is 2.15 bits per heavy atom. The fraction of sp³-hybridized carbons (Fsp3) is 0.353. The molecule has 2 heterocycles. The van der Waals surface area contributed by atoms with Crippen LogP contribution in [0.5, 0.6) is 11.5 Å². The molecule has 0 amide bonds. The first kappa shape index (κ1) is 20.6. The van der Waals surface area contributed by atoms with Crippen LogP contribution >= 0.6 is 56.5 Å². The van der Waals surface area contributed by atoms with E-state index in [1.807, 2.05) is 0 Å². The number of aromatic nitrogens is 1. The average Bonchev–Trinajstić information content (AvgIpc) is 3.18. The van der Waals surface area contributed by atoms with Gasteiger partial charge >= 0.3 is 0 Å². The van der Waals surface area contributed by atoms with Crippen molar-refractivity contribution in [3.05, 3.63) is 23.1 Å². The van der Waals surface area contributed by atoms with Gasteiger partial charge in [-0.15, -0.1) is 0 Å². The Bertz CT molecular complexity index is 954. The Kier molecular flexibility index (Phi) is 6.15. The molecule has 144 valence electrons. The number of nitrogens with zero attached hydrogens (tertiary/aromatic N) is 3. The highest BCUT2D eigenvalue weighted by molar-refractivity contribution is 14.1. The Balaban J connectivity index is 2.25. The summed E-state index contributed by atoms with van der Waals surface area (Å²) < 4.78 is 13.1. The lowest BCUT2D eigenvalue weighted by molar-refractivity contribution is 0.397. The molecule has 0 bridgehead atoms. The Hall–Kier alpha value is -1.15. The SMILES string of the molecule is CCN(CC)c1nc(N)c(C2=NC(=N)c3c(OC)c(I)c(I)c(OC)c32)s1. The van der Waals surface area contributed by atoms with E-state index in [1.54, 1.807) is 14.2 Å². The molecule has 27 heavy (non-hydrogen) atoms. The number of fused-ring (bicyclic) bond motifs is 1. The molecule has 3 N–H and O–H groups in total. The minimum atomic E-state index is 0.140. The van der Waals surface area contributed by atoms with Crippen molar-refractivity contribution in [1.29, 1.82) is 5.41 Å². The maximum Gasteiger partial charge on any atom is 0.187 e. The molecular formula is C17H19I2N5O2S. The molecule has 0 saturated heterocycles. The molecule has 1 aliphatic heterocycles. The Morgan fingerprint density at radius 2 is 1.63 bits per heavy atom. The van der Waals surface area contributed by atoms with Crippen LogP contribution in [-0.4, -0.2) is 43.8 Å². The molecule has 0 saturated carbocycles. The van der Waals surface area contributed by atoms with Crippen LogP contribution in [0.1, 0.15) is 29.9 Å². The van der Waals surface area contributed by atoms with Gasteiger partial charge in [-0.3, -0.25) is 5.41 Å². The molecule has 1 aromatic carbocycles. The maximum atomic E-state index is 8.43. The molecule has 0 radical (unpaired) electrons. The minimum Gasteiger partial charge on any atom is -0.495 e. The van der Waals surface area contributed by atoms with Crippen molar-refractivity contribution in [3.63, 3.8) is 0 Å². The first-order chi connectivity index (χ1) is 12.9. The van der Waals surface area contributed by atoms with E-state index in [0.717, 1.165) is 35.8 Å². The number of benzene rings is 1. The van der Waals surface area contributed by atoms with Gasteiger partial charge in [0, 0.05) is 13.1 Å². The normalized spacial score (nSPS) is 12.8. The quantitative estimate of drug-likeness (QED) is 0.483.